The SMILES string of the molecule is CC[C@H](C)[C@H](NC(=O)c1ccc(Cl)cc1)C(=O)Nc1ccccn1. The lowest BCUT2D eigenvalue weighted by molar-refractivity contribution is -0.119. The van der Waals surface area contributed by atoms with Crippen molar-refractivity contribution in [3.05, 3.63) is 59.2 Å². The molecule has 2 atom stereocenters. The molecule has 2 N–H and O–H groups in total. The van der Waals surface area contributed by atoms with Gasteiger partial charge >= 0.3 is 0 Å². The number of amides is 2. The fourth-order valence-corrected chi connectivity index (χ4v) is 2.29. The van der Waals surface area contributed by atoms with E-state index in [0.29, 0.717) is 16.4 Å². The summed E-state index contributed by atoms with van der Waals surface area (Å²) in [6, 6.07) is 11.1. The smallest absolute Gasteiger partial charge is 0.251 e. The van der Waals surface area contributed by atoms with Crippen LogP contribution in [0.15, 0.2) is 48.7 Å². The second kappa shape index (κ2) is 8.45. The molecule has 5 nitrogen and oxygen atoms in total. The summed E-state index contributed by atoms with van der Waals surface area (Å²) in [5.41, 5.74) is 0.457. The van der Waals surface area contributed by atoms with Gasteiger partial charge in [0.05, 0.1) is 0 Å². The van der Waals surface area contributed by atoms with Gasteiger partial charge in [-0.3, -0.25) is 9.59 Å². The van der Waals surface area contributed by atoms with Crippen LogP contribution in [0.2, 0.25) is 5.02 Å². The molecule has 1 heterocycles. The highest BCUT2D eigenvalue weighted by molar-refractivity contribution is 6.30. The molecule has 1 aromatic carbocycles. The van der Waals surface area contributed by atoms with Gasteiger partial charge in [-0.25, -0.2) is 4.98 Å². The Bertz CT molecular complexity index is 689. The zero-order chi connectivity index (χ0) is 17.5. The summed E-state index contributed by atoms with van der Waals surface area (Å²) >= 11 is 5.83. The molecule has 0 saturated carbocycles. The van der Waals surface area contributed by atoms with Gasteiger partial charge in [-0.05, 0) is 42.3 Å². The molecule has 0 aliphatic heterocycles. The summed E-state index contributed by atoms with van der Waals surface area (Å²) in [6.07, 6.45) is 2.35. The number of nitrogens with one attached hydrogen (secondary N) is 2. The molecule has 126 valence electrons. The Morgan fingerprint density at radius 2 is 1.88 bits per heavy atom. The number of rotatable bonds is 6. The fraction of sp³-hybridized carbons (Fsp3) is 0.278. The summed E-state index contributed by atoms with van der Waals surface area (Å²) in [4.78, 5) is 29.0. The Hall–Kier alpha value is -2.40. The van der Waals surface area contributed by atoms with Crippen LogP contribution in [0.5, 0.6) is 0 Å². The van der Waals surface area contributed by atoms with Crippen LogP contribution < -0.4 is 10.6 Å². The van der Waals surface area contributed by atoms with Gasteiger partial charge in [0, 0.05) is 16.8 Å². The van der Waals surface area contributed by atoms with E-state index < -0.39 is 6.04 Å². The Balaban J connectivity index is 2.11. The van der Waals surface area contributed by atoms with Crippen molar-refractivity contribution in [1.29, 1.82) is 0 Å². The van der Waals surface area contributed by atoms with Crippen molar-refractivity contribution in [1.82, 2.24) is 10.3 Å². The van der Waals surface area contributed by atoms with E-state index >= 15 is 0 Å². The van der Waals surface area contributed by atoms with Gasteiger partial charge in [-0.15, -0.1) is 0 Å². The van der Waals surface area contributed by atoms with Crippen LogP contribution in [0.3, 0.4) is 0 Å². The van der Waals surface area contributed by atoms with Crippen molar-refractivity contribution in [3.63, 3.8) is 0 Å². The minimum absolute atomic E-state index is 0.0232. The highest BCUT2D eigenvalue weighted by Crippen LogP contribution is 2.13. The summed E-state index contributed by atoms with van der Waals surface area (Å²) in [6.45, 7) is 3.89. The van der Waals surface area contributed by atoms with Gasteiger partial charge in [-0.2, -0.15) is 0 Å². The Morgan fingerprint density at radius 1 is 1.17 bits per heavy atom. The largest absolute Gasteiger partial charge is 0.340 e. The van der Waals surface area contributed by atoms with Gasteiger partial charge in [-0.1, -0.05) is 37.9 Å². The molecule has 0 saturated heterocycles. The fourth-order valence-electron chi connectivity index (χ4n) is 2.17. The summed E-state index contributed by atoms with van der Waals surface area (Å²) in [7, 11) is 0. The second-order valence-corrected chi connectivity index (χ2v) is 5.98. The molecule has 0 aliphatic carbocycles. The molecule has 0 radical (unpaired) electrons. The molecule has 0 spiro atoms. The van der Waals surface area contributed by atoms with Gasteiger partial charge in [0.1, 0.15) is 11.9 Å². The van der Waals surface area contributed by atoms with Crippen molar-refractivity contribution in [2.45, 2.75) is 26.3 Å². The molecule has 1 aromatic heterocycles. The first-order chi connectivity index (χ1) is 11.5. The lowest BCUT2D eigenvalue weighted by Crippen LogP contribution is -2.47. The number of carbonyl (C=O) groups excluding carboxylic acids is 2. The van der Waals surface area contributed by atoms with Crippen LogP contribution in [0.25, 0.3) is 0 Å². The molecule has 2 rings (SSSR count). The lowest BCUT2D eigenvalue weighted by atomic mass is 9.98. The summed E-state index contributed by atoms with van der Waals surface area (Å²) in [5.74, 6) is -0.167. The number of hydrogen-bond donors (Lipinski definition) is 2. The number of pyridine rings is 1. The van der Waals surface area contributed by atoms with E-state index in [2.05, 4.69) is 15.6 Å². The molecular formula is C18H20ClN3O2. The number of aromatic nitrogens is 1. The third-order valence-corrected chi connectivity index (χ3v) is 4.06. The summed E-state index contributed by atoms with van der Waals surface area (Å²) in [5, 5.41) is 6.09. The molecule has 2 aromatic rings. The maximum Gasteiger partial charge on any atom is 0.251 e. The first kappa shape index (κ1) is 17.9. The zero-order valence-electron chi connectivity index (χ0n) is 13.6. The molecule has 0 unspecified atom stereocenters. The predicted molar refractivity (Wildman–Crippen MR) is 95.0 cm³/mol. The maximum absolute atomic E-state index is 12.5. The Kier molecular flexibility index (Phi) is 6.32. The lowest BCUT2D eigenvalue weighted by Gasteiger charge is -2.23. The predicted octanol–water partition coefficient (Wildman–Crippen LogP) is 3.52. The summed E-state index contributed by atoms with van der Waals surface area (Å²) < 4.78 is 0. The molecule has 24 heavy (non-hydrogen) atoms. The topological polar surface area (TPSA) is 71.1 Å². The maximum atomic E-state index is 12.5. The second-order valence-electron chi connectivity index (χ2n) is 5.55. The van der Waals surface area contributed by atoms with E-state index in [4.69, 9.17) is 11.6 Å². The van der Waals surface area contributed by atoms with Gasteiger partial charge in [0.2, 0.25) is 5.91 Å². The van der Waals surface area contributed by atoms with Crippen LogP contribution in [0, 0.1) is 5.92 Å². The molecule has 6 heteroatoms. The van der Waals surface area contributed by atoms with Crippen molar-refractivity contribution in [2.24, 2.45) is 5.92 Å². The van der Waals surface area contributed by atoms with E-state index in [-0.39, 0.29) is 17.7 Å². The molecule has 0 aliphatic rings. The van der Waals surface area contributed by atoms with E-state index in [1.807, 2.05) is 13.8 Å². The Morgan fingerprint density at radius 3 is 2.46 bits per heavy atom. The van der Waals surface area contributed by atoms with Crippen molar-refractivity contribution in [3.8, 4) is 0 Å². The number of nitrogens with zero attached hydrogens (tertiary/aromatic N) is 1. The number of benzene rings is 1. The molecule has 2 amide bonds. The number of hydrogen-bond acceptors (Lipinski definition) is 3. The molecule has 0 bridgehead atoms. The number of halogens is 1. The van der Waals surface area contributed by atoms with Gasteiger partial charge in [0.15, 0.2) is 0 Å². The van der Waals surface area contributed by atoms with E-state index in [0.717, 1.165) is 6.42 Å². The van der Waals surface area contributed by atoms with Crippen LogP contribution in [0.1, 0.15) is 30.6 Å². The monoisotopic (exact) mass is 345 g/mol. The van der Waals surface area contributed by atoms with Crippen LogP contribution in [-0.4, -0.2) is 22.8 Å². The Labute approximate surface area is 146 Å². The average Bonchev–Trinajstić information content (AvgIpc) is 2.60. The first-order valence-electron chi connectivity index (χ1n) is 7.79. The van der Waals surface area contributed by atoms with E-state index in [9.17, 15) is 9.59 Å². The highest BCUT2D eigenvalue weighted by atomic mass is 35.5. The third-order valence-electron chi connectivity index (χ3n) is 3.80. The molecular weight excluding hydrogens is 326 g/mol. The average molecular weight is 346 g/mol. The highest BCUT2D eigenvalue weighted by Gasteiger charge is 2.26. The van der Waals surface area contributed by atoms with Crippen LogP contribution >= 0.6 is 11.6 Å². The van der Waals surface area contributed by atoms with Crippen molar-refractivity contribution < 1.29 is 9.59 Å². The van der Waals surface area contributed by atoms with Gasteiger partial charge < -0.3 is 10.6 Å². The molecule has 0 fully saturated rings. The number of carbonyl (C=O) groups is 2. The van der Waals surface area contributed by atoms with E-state index in [1.54, 1.807) is 48.7 Å². The van der Waals surface area contributed by atoms with Gasteiger partial charge in [0.25, 0.3) is 5.91 Å². The number of anilines is 1. The third kappa shape index (κ3) is 4.80. The minimum Gasteiger partial charge on any atom is -0.340 e. The van der Waals surface area contributed by atoms with Crippen LogP contribution in [0.4, 0.5) is 5.82 Å². The zero-order valence-corrected chi connectivity index (χ0v) is 14.4. The first-order valence-corrected chi connectivity index (χ1v) is 8.17. The standard InChI is InChI=1S/C18H20ClN3O2/c1-3-12(2)16(18(24)21-15-6-4-5-11-20-15)22-17(23)13-7-9-14(19)10-8-13/h4-12,16H,3H2,1-2H3,(H,22,23)(H,20,21,24)/t12-,16-/m0/s1. The van der Waals surface area contributed by atoms with Crippen LogP contribution in [-0.2, 0) is 4.79 Å². The normalized spacial score (nSPS) is 13.0. The minimum atomic E-state index is -0.653. The quantitative estimate of drug-likeness (QED) is 0.841. The van der Waals surface area contributed by atoms with Crippen molar-refractivity contribution >= 4 is 29.2 Å². The van der Waals surface area contributed by atoms with Crippen molar-refractivity contribution in [2.75, 3.05) is 5.32 Å². The van der Waals surface area contributed by atoms with E-state index in [1.165, 1.54) is 0 Å².